The first-order chi connectivity index (χ1) is 21.7. The lowest BCUT2D eigenvalue weighted by molar-refractivity contribution is 0.0511. The summed E-state index contributed by atoms with van der Waals surface area (Å²) in [6.45, 7) is 3.84. The van der Waals surface area contributed by atoms with Crippen LogP contribution in [0.5, 0.6) is 11.5 Å². The third kappa shape index (κ3) is 9.01. The Morgan fingerprint density at radius 2 is 1.50 bits per heavy atom. The van der Waals surface area contributed by atoms with Gasteiger partial charge in [0.25, 0.3) is 5.91 Å². The number of ether oxygens (including phenoxy) is 4. The minimum absolute atomic E-state index is 0.194. The Kier molecular flexibility index (Phi) is 11.1. The Labute approximate surface area is 255 Å². The zero-order valence-electron chi connectivity index (χ0n) is 24.3. The molecule has 44 heavy (non-hydrogen) atoms. The van der Waals surface area contributed by atoms with Gasteiger partial charge in [0.2, 0.25) is 24.6 Å². The summed E-state index contributed by atoms with van der Waals surface area (Å²) >= 11 is 0. The largest absolute Gasteiger partial charge is 0.454 e. The summed E-state index contributed by atoms with van der Waals surface area (Å²) in [6, 6.07) is 22.8. The maximum absolute atomic E-state index is 12.5. The van der Waals surface area contributed by atoms with E-state index >= 15 is 0 Å². The highest BCUT2D eigenvalue weighted by atomic mass is 16.7. The second-order valence-corrected chi connectivity index (χ2v) is 9.62. The molecule has 3 aromatic carbocycles. The second kappa shape index (κ2) is 16.0. The highest BCUT2D eigenvalue weighted by Gasteiger charge is 2.17. The van der Waals surface area contributed by atoms with E-state index in [0.29, 0.717) is 93.2 Å². The average Bonchev–Trinajstić information content (AvgIpc) is 3.55. The predicted octanol–water partition coefficient (Wildman–Crippen LogP) is 3.29. The van der Waals surface area contributed by atoms with Crippen LogP contribution in [0.1, 0.15) is 21.5 Å². The maximum Gasteiger partial charge on any atom is 0.251 e. The Hall–Kier alpha value is -4.98. The average molecular weight is 601 g/mol. The van der Waals surface area contributed by atoms with Crippen LogP contribution in [-0.2, 0) is 22.6 Å². The van der Waals surface area contributed by atoms with Crippen molar-refractivity contribution in [3.05, 3.63) is 89.5 Å². The summed E-state index contributed by atoms with van der Waals surface area (Å²) in [6.07, 6.45) is 0. The molecule has 5 rings (SSSR count). The van der Waals surface area contributed by atoms with Crippen LogP contribution in [-0.4, -0.2) is 67.2 Å². The molecule has 6 N–H and O–H groups in total. The summed E-state index contributed by atoms with van der Waals surface area (Å²) in [5.41, 5.74) is 8.61. The fourth-order valence-electron chi connectivity index (χ4n) is 4.25. The van der Waals surface area contributed by atoms with Gasteiger partial charge in [-0.1, -0.05) is 42.5 Å². The standard InChI is InChI=1S/C31H36N8O5/c32-13-15-41-17-18-42-16-14-33-28(40)23-9-11-25(12-10-23)36-31-38-29(34-19-22-5-2-1-3-6-22)37-30(39-31)35-20-24-7-4-8-26-27(24)44-21-43-26/h1-12H,13-21,32H2,(H,33,40)(H3,34,35,36,37,38,39). The number of hydrogen-bond acceptors (Lipinski definition) is 12. The first-order valence-electron chi connectivity index (χ1n) is 14.3. The number of hydrogen-bond donors (Lipinski definition) is 5. The van der Waals surface area contributed by atoms with Gasteiger partial charge in [-0.3, -0.25) is 4.79 Å². The van der Waals surface area contributed by atoms with E-state index in [0.717, 1.165) is 11.1 Å². The fraction of sp³-hybridized carbons (Fsp3) is 0.290. The molecule has 0 saturated carbocycles. The summed E-state index contributed by atoms with van der Waals surface area (Å²) < 4.78 is 21.8. The molecule has 0 bridgehead atoms. The molecule has 13 heteroatoms. The van der Waals surface area contributed by atoms with Gasteiger partial charge in [0.05, 0.1) is 26.4 Å². The molecule has 230 valence electrons. The number of fused-ring (bicyclic) bond motifs is 1. The molecule has 13 nitrogen and oxygen atoms in total. The van der Waals surface area contributed by atoms with Crippen molar-refractivity contribution in [3.63, 3.8) is 0 Å². The highest BCUT2D eigenvalue weighted by molar-refractivity contribution is 5.94. The highest BCUT2D eigenvalue weighted by Crippen LogP contribution is 2.35. The van der Waals surface area contributed by atoms with Gasteiger partial charge in [0.1, 0.15) is 0 Å². The molecule has 0 spiro atoms. The molecule has 0 aliphatic carbocycles. The Bertz CT molecular complexity index is 1490. The second-order valence-electron chi connectivity index (χ2n) is 9.62. The van der Waals surface area contributed by atoms with E-state index in [1.165, 1.54) is 0 Å². The van der Waals surface area contributed by atoms with Crippen molar-refractivity contribution in [2.75, 3.05) is 62.3 Å². The molecule has 1 aliphatic rings. The van der Waals surface area contributed by atoms with Gasteiger partial charge < -0.3 is 45.9 Å². The van der Waals surface area contributed by atoms with Gasteiger partial charge in [-0.15, -0.1) is 0 Å². The monoisotopic (exact) mass is 600 g/mol. The number of carbonyl (C=O) groups is 1. The van der Waals surface area contributed by atoms with E-state index in [1.54, 1.807) is 24.3 Å². The number of para-hydroxylation sites is 1. The molecule has 4 aromatic rings. The third-order valence-electron chi connectivity index (χ3n) is 6.41. The van der Waals surface area contributed by atoms with Gasteiger partial charge in [-0.2, -0.15) is 15.0 Å². The Morgan fingerprint density at radius 1 is 0.773 bits per heavy atom. The number of carbonyl (C=O) groups excluding carboxylic acids is 1. The number of benzene rings is 3. The number of aromatic nitrogens is 3. The van der Waals surface area contributed by atoms with Gasteiger partial charge in [0, 0.05) is 43.0 Å². The van der Waals surface area contributed by atoms with Crippen molar-refractivity contribution in [2.24, 2.45) is 5.73 Å². The number of nitrogens with two attached hydrogens (primary N) is 1. The lowest BCUT2D eigenvalue weighted by atomic mass is 10.2. The van der Waals surface area contributed by atoms with Gasteiger partial charge in [-0.25, -0.2) is 0 Å². The normalized spacial score (nSPS) is 11.7. The van der Waals surface area contributed by atoms with Crippen molar-refractivity contribution in [1.29, 1.82) is 0 Å². The van der Waals surface area contributed by atoms with Crippen molar-refractivity contribution in [3.8, 4) is 11.5 Å². The first-order valence-corrected chi connectivity index (χ1v) is 14.3. The smallest absolute Gasteiger partial charge is 0.251 e. The number of anilines is 4. The lowest BCUT2D eigenvalue weighted by Gasteiger charge is -2.12. The minimum atomic E-state index is -0.194. The Morgan fingerprint density at radius 3 is 2.27 bits per heavy atom. The zero-order valence-corrected chi connectivity index (χ0v) is 24.3. The molecular formula is C31H36N8O5. The van der Waals surface area contributed by atoms with Gasteiger partial charge in [-0.05, 0) is 35.9 Å². The molecule has 1 amide bonds. The molecular weight excluding hydrogens is 564 g/mol. The first kappa shape index (κ1) is 30.5. The number of nitrogens with zero attached hydrogens (tertiary/aromatic N) is 3. The third-order valence-corrected chi connectivity index (χ3v) is 6.41. The van der Waals surface area contributed by atoms with Crippen LogP contribution in [0, 0.1) is 0 Å². The summed E-state index contributed by atoms with van der Waals surface area (Å²) in [5, 5.41) is 12.6. The zero-order chi connectivity index (χ0) is 30.4. The molecule has 0 saturated heterocycles. The van der Waals surface area contributed by atoms with E-state index in [9.17, 15) is 4.79 Å². The maximum atomic E-state index is 12.5. The summed E-state index contributed by atoms with van der Waals surface area (Å²) in [4.78, 5) is 26.2. The molecule has 0 unspecified atom stereocenters. The van der Waals surface area contributed by atoms with Crippen LogP contribution in [0.2, 0.25) is 0 Å². The summed E-state index contributed by atoms with van der Waals surface area (Å²) in [7, 11) is 0. The van der Waals surface area contributed by atoms with Crippen molar-refractivity contribution in [1.82, 2.24) is 20.3 Å². The molecule has 1 aliphatic heterocycles. The van der Waals surface area contributed by atoms with Gasteiger partial charge in [0.15, 0.2) is 11.5 Å². The van der Waals surface area contributed by atoms with E-state index in [2.05, 4.69) is 36.2 Å². The minimum Gasteiger partial charge on any atom is -0.454 e. The fourth-order valence-corrected chi connectivity index (χ4v) is 4.25. The van der Waals surface area contributed by atoms with Crippen LogP contribution < -0.4 is 36.5 Å². The number of rotatable bonds is 17. The molecule has 0 fully saturated rings. The van der Waals surface area contributed by atoms with E-state index in [4.69, 9.17) is 24.7 Å². The van der Waals surface area contributed by atoms with Crippen molar-refractivity contribution < 1.29 is 23.7 Å². The van der Waals surface area contributed by atoms with Crippen LogP contribution in [0.4, 0.5) is 23.5 Å². The van der Waals surface area contributed by atoms with Crippen LogP contribution in [0.15, 0.2) is 72.8 Å². The van der Waals surface area contributed by atoms with Crippen molar-refractivity contribution >= 4 is 29.4 Å². The predicted molar refractivity (Wildman–Crippen MR) is 166 cm³/mol. The van der Waals surface area contributed by atoms with E-state index in [-0.39, 0.29) is 12.7 Å². The van der Waals surface area contributed by atoms with E-state index in [1.807, 2.05) is 48.5 Å². The molecule has 0 radical (unpaired) electrons. The summed E-state index contributed by atoms with van der Waals surface area (Å²) in [5.74, 6) is 2.33. The van der Waals surface area contributed by atoms with E-state index < -0.39 is 0 Å². The van der Waals surface area contributed by atoms with Crippen LogP contribution in [0.25, 0.3) is 0 Å². The number of amides is 1. The van der Waals surface area contributed by atoms with Gasteiger partial charge >= 0.3 is 0 Å². The Balaban J connectivity index is 1.20. The topological polar surface area (TPSA) is 167 Å². The number of nitrogens with one attached hydrogen (secondary N) is 4. The molecule has 0 atom stereocenters. The van der Waals surface area contributed by atoms with Crippen LogP contribution in [0.3, 0.4) is 0 Å². The van der Waals surface area contributed by atoms with Crippen LogP contribution >= 0.6 is 0 Å². The molecule has 1 aromatic heterocycles. The molecule has 2 heterocycles. The quantitative estimate of drug-likeness (QED) is 0.112. The SMILES string of the molecule is NCCOCCOCCNC(=O)c1ccc(Nc2nc(NCc3ccccc3)nc(NCc3cccc4c3OCO4)n2)cc1. The van der Waals surface area contributed by atoms with Crippen molar-refractivity contribution in [2.45, 2.75) is 13.1 Å². The lowest BCUT2D eigenvalue weighted by Crippen LogP contribution is -2.27.